The SMILES string of the molecule is CC1(C)CC(NCC2CCC(=O)N2)CC(C)(C)C1. The largest absolute Gasteiger partial charge is 0.352 e. The Hall–Kier alpha value is -0.570. The van der Waals surface area contributed by atoms with E-state index in [1.807, 2.05) is 0 Å². The van der Waals surface area contributed by atoms with Crippen LogP contribution in [0.4, 0.5) is 0 Å². The molecule has 0 radical (unpaired) electrons. The summed E-state index contributed by atoms with van der Waals surface area (Å²) in [7, 11) is 0. The molecule has 1 atom stereocenters. The van der Waals surface area contributed by atoms with Crippen LogP contribution >= 0.6 is 0 Å². The predicted octanol–water partition coefficient (Wildman–Crippen LogP) is 2.46. The number of hydrogen-bond acceptors (Lipinski definition) is 2. The maximum Gasteiger partial charge on any atom is 0.220 e. The van der Waals surface area contributed by atoms with Gasteiger partial charge in [0.05, 0.1) is 0 Å². The zero-order valence-corrected chi connectivity index (χ0v) is 12.3. The normalized spacial score (nSPS) is 31.3. The second-order valence-electron chi connectivity index (χ2n) is 7.82. The summed E-state index contributed by atoms with van der Waals surface area (Å²) in [6, 6.07) is 0.951. The number of hydrogen-bond donors (Lipinski definition) is 2. The lowest BCUT2D eigenvalue weighted by molar-refractivity contribution is -0.119. The highest BCUT2D eigenvalue weighted by Crippen LogP contribution is 2.45. The van der Waals surface area contributed by atoms with E-state index in [-0.39, 0.29) is 5.91 Å². The molecule has 0 aromatic carbocycles. The highest BCUT2D eigenvalue weighted by molar-refractivity contribution is 5.78. The Morgan fingerprint density at radius 1 is 1.22 bits per heavy atom. The van der Waals surface area contributed by atoms with Crippen molar-refractivity contribution in [2.75, 3.05) is 6.54 Å². The Balaban J connectivity index is 1.83. The molecule has 2 aliphatic rings. The van der Waals surface area contributed by atoms with E-state index >= 15 is 0 Å². The minimum absolute atomic E-state index is 0.214. The Kier molecular flexibility index (Phi) is 3.72. The van der Waals surface area contributed by atoms with Gasteiger partial charge in [0, 0.05) is 25.0 Å². The molecule has 3 nitrogen and oxygen atoms in total. The summed E-state index contributed by atoms with van der Waals surface area (Å²) in [5.74, 6) is 0.214. The third kappa shape index (κ3) is 3.71. The molecule has 1 amide bonds. The Bertz CT molecular complexity index is 306. The van der Waals surface area contributed by atoms with Crippen molar-refractivity contribution in [1.29, 1.82) is 0 Å². The van der Waals surface area contributed by atoms with Gasteiger partial charge >= 0.3 is 0 Å². The van der Waals surface area contributed by atoms with E-state index in [1.165, 1.54) is 19.3 Å². The van der Waals surface area contributed by atoms with Crippen molar-refractivity contribution in [1.82, 2.24) is 10.6 Å². The second kappa shape index (κ2) is 4.84. The summed E-state index contributed by atoms with van der Waals surface area (Å²) < 4.78 is 0. The van der Waals surface area contributed by atoms with Crippen LogP contribution in [0.5, 0.6) is 0 Å². The van der Waals surface area contributed by atoms with Crippen LogP contribution in [-0.4, -0.2) is 24.5 Å². The lowest BCUT2D eigenvalue weighted by Crippen LogP contribution is -2.47. The molecule has 3 heteroatoms. The van der Waals surface area contributed by atoms with Crippen LogP contribution in [0, 0.1) is 10.8 Å². The molecule has 2 rings (SSSR count). The highest BCUT2D eigenvalue weighted by atomic mass is 16.1. The zero-order valence-electron chi connectivity index (χ0n) is 12.3. The van der Waals surface area contributed by atoms with Gasteiger partial charge in [0.15, 0.2) is 0 Å². The van der Waals surface area contributed by atoms with Crippen molar-refractivity contribution in [3.8, 4) is 0 Å². The molecule has 0 aromatic heterocycles. The summed E-state index contributed by atoms with van der Waals surface area (Å²) in [4.78, 5) is 11.2. The molecule has 18 heavy (non-hydrogen) atoms. The fourth-order valence-electron chi connectivity index (χ4n) is 4.13. The van der Waals surface area contributed by atoms with Gasteiger partial charge in [-0.3, -0.25) is 4.79 Å². The average molecular weight is 252 g/mol. The standard InChI is InChI=1S/C15H28N2O/c1-14(2)7-12(8-15(3,4)10-14)16-9-11-5-6-13(18)17-11/h11-12,16H,5-10H2,1-4H3,(H,17,18). The van der Waals surface area contributed by atoms with Gasteiger partial charge in [0.1, 0.15) is 0 Å². The molecule has 0 bridgehead atoms. The fraction of sp³-hybridized carbons (Fsp3) is 0.933. The first-order valence-electron chi connectivity index (χ1n) is 7.29. The minimum Gasteiger partial charge on any atom is -0.352 e. The van der Waals surface area contributed by atoms with Gasteiger partial charge in [-0.25, -0.2) is 0 Å². The Labute approximate surface area is 111 Å². The maximum absolute atomic E-state index is 11.2. The van der Waals surface area contributed by atoms with Crippen molar-refractivity contribution in [3.05, 3.63) is 0 Å². The van der Waals surface area contributed by atoms with Crippen LogP contribution in [0.15, 0.2) is 0 Å². The predicted molar refractivity (Wildman–Crippen MR) is 74.4 cm³/mol. The van der Waals surface area contributed by atoms with Gasteiger partial charge in [-0.2, -0.15) is 0 Å². The van der Waals surface area contributed by atoms with Crippen LogP contribution in [0.2, 0.25) is 0 Å². The van der Waals surface area contributed by atoms with Crippen molar-refractivity contribution in [3.63, 3.8) is 0 Å². The van der Waals surface area contributed by atoms with Crippen molar-refractivity contribution in [2.24, 2.45) is 10.8 Å². The number of carbonyl (C=O) groups is 1. The van der Waals surface area contributed by atoms with Crippen LogP contribution in [0.3, 0.4) is 0 Å². The number of amides is 1. The molecule has 1 aliphatic carbocycles. The van der Waals surface area contributed by atoms with Crippen LogP contribution in [0.1, 0.15) is 59.8 Å². The molecule has 0 spiro atoms. The summed E-state index contributed by atoms with van der Waals surface area (Å²) in [6.07, 6.45) is 5.49. The summed E-state index contributed by atoms with van der Waals surface area (Å²) in [6.45, 7) is 10.4. The monoisotopic (exact) mass is 252 g/mol. The van der Waals surface area contributed by atoms with Gasteiger partial charge in [0.2, 0.25) is 5.91 Å². The van der Waals surface area contributed by atoms with E-state index in [1.54, 1.807) is 0 Å². The van der Waals surface area contributed by atoms with Gasteiger partial charge in [-0.05, 0) is 36.5 Å². The van der Waals surface area contributed by atoms with Gasteiger partial charge < -0.3 is 10.6 Å². The van der Waals surface area contributed by atoms with Gasteiger partial charge in [-0.15, -0.1) is 0 Å². The fourth-order valence-corrected chi connectivity index (χ4v) is 4.13. The summed E-state index contributed by atoms with van der Waals surface area (Å²) in [5.41, 5.74) is 0.858. The number of carbonyl (C=O) groups excluding carboxylic acids is 1. The maximum atomic E-state index is 11.2. The van der Waals surface area contributed by atoms with Crippen molar-refractivity contribution >= 4 is 5.91 Å². The number of nitrogens with one attached hydrogen (secondary N) is 2. The molecule has 2 fully saturated rings. The molecule has 1 saturated heterocycles. The van der Waals surface area contributed by atoms with Crippen LogP contribution in [0.25, 0.3) is 0 Å². The first-order chi connectivity index (χ1) is 8.26. The average Bonchev–Trinajstić information content (AvgIpc) is 2.56. The smallest absolute Gasteiger partial charge is 0.220 e. The lowest BCUT2D eigenvalue weighted by Gasteiger charge is -2.45. The van der Waals surface area contributed by atoms with Gasteiger partial charge in [0.25, 0.3) is 0 Å². The van der Waals surface area contributed by atoms with E-state index in [9.17, 15) is 4.79 Å². The first-order valence-corrected chi connectivity index (χ1v) is 7.29. The summed E-state index contributed by atoms with van der Waals surface area (Å²) >= 11 is 0. The molecule has 104 valence electrons. The molecular formula is C15H28N2O. The minimum atomic E-state index is 0.214. The second-order valence-corrected chi connectivity index (χ2v) is 7.82. The lowest BCUT2D eigenvalue weighted by atomic mass is 9.63. The van der Waals surface area contributed by atoms with Crippen LogP contribution in [-0.2, 0) is 4.79 Å². The van der Waals surface area contributed by atoms with E-state index in [0.717, 1.165) is 13.0 Å². The first kappa shape index (κ1) is 13.9. The van der Waals surface area contributed by atoms with E-state index < -0.39 is 0 Å². The molecule has 1 saturated carbocycles. The third-order valence-electron chi connectivity index (χ3n) is 4.29. The summed E-state index contributed by atoms with van der Waals surface area (Å²) in [5, 5.41) is 6.71. The molecule has 1 heterocycles. The van der Waals surface area contributed by atoms with E-state index in [0.29, 0.717) is 29.3 Å². The van der Waals surface area contributed by atoms with Gasteiger partial charge in [-0.1, -0.05) is 27.7 Å². The molecule has 1 unspecified atom stereocenters. The van der Waals surface area contributed by atoms with E-state index in [2.05, 4.69) is 38.3 Å². The number of rotatable bonds is 3. The zero-order chi connectivity index (χ0) is 13.4. The highest BCUT2D eigenvalue weighted by Gasteiger charge is 2.38. The third-order valence-corrected chi connectivity index (χ3v) is 4.29. The molecule has 1 aliphatic heterocycles. The molecule has 2 N–H and O–H groups in total. The Morgan fingerprint density at radius 3 is 2.33 bits per heavy atom. The quantitative estimate of drug-likeness (QED) is 0.810. The van der Waals surface area contributed by atoms with Crippen molar-refractivity contribution < 1.29 is 4.79 Å². The molecule has 0 aromatic rings. The molecular weight excluding hydrogens is 224 g/mol. The van der Waals surface area contributed by atoms with Crippen molar-refractivity contribution in [2.45, 2.75) is 71.9 Å². The topological polar surface area (TPSA) is 41.1 Å². The van der Waals surface area contributed by atoms with E-state index in [4.69, 9.17) is 0 Å². The van der Waals surface area contributed by atoms with Crippen LogP contribution < -0.4 is 10.6 Å². The Morgan fingerprint density at radius 2 is 1.83 bits per heavy atom.